The van der Waals surface area contributed by atoms with Crippen molar-refractivity contribution in [3.8, 4) is 5.75 Å². The predicted molar refractivity (Wildman–Crippen MR) is 82.1 cm³/mol. The van der Waals surface area contributed by atoms with Crippen molar-refractivity contribution in [2.45, 2.75) is 26.9 Å². The van der Waals surface area contributed by atoms with Gasteiger partial charge in [0.15, 0.2) is 0 Å². The Morgan fingerprint density at radius 2 is 1.65 bits per heavy atom. The molecule has 114 valence electrons. The topological polar surface area (TPSA) is 54.0 Å². The normalized spacial score (nSPS) is 12.4. The molecular formula is C13H23O5PSi. The number of rotatable bonds is 8. The molecule has 0 N–H and O–H groups in total. The second-order valence-corrected chi connectivity index (χ2v) is 10.1. The third-order valence-corrected chi connectivity index (χ3v) is 7.13. The lowest BCUT2D eigenvalue weighted by Crippen LogP contribution is -2.44. The van der Waals surface area contributed by atoms with Crippen molar-refractivity contribution < 1.29 is 22.6 Å². The summed E-state index contributed by atoms with van der Waals surface area (Å²) >= 11 is 0. The highest BCUT2D eigenvalue weighted by molar-refractivity contribution is 7.49. The highest BCUT2D eigenvalue weighted by atomic mass is 31.2. The first-order valence-corrected chi connectivity index (χ1v) is 11.0. The smallest absolute Gasteiger partial charge is 0.416 e. The number of hydrogen-bond acceptors (Lipinski definition) is 5. The summed E-state index contributed by atoms with van der Waals surface area (Å²) in [5.74, 6) is 0.497. The van der Waals surface area contributed by atoms with Crippen LogP contribution < -0.4 is 9.71 Å². The van der Waals surface area contributed by atoms with E-state index >= 15 is 0 Å². The molecular weight excluding hydrogens is 295 g/mol. The zero-order valence-electron chi connectivity index (χ0n) is 12.7. The fourth-order valence-corrected chi connectivity index (χ4v) is 4.42. The molecule has 20 heavy (non-hydrogen) atoms. The summed E-state index contributed by atoms with van der Waals surface area (Å²) in [7, 11) is -4.01. The van der Waals surface area contributed by atoms with Crippen LogP contribution in [-0.4, -0.2) is 28.6 Å². The van der Waals surface area contributed by atoms with Crippen LogP contribution in [0.2, 0.25) is 13.1 Å². The summed E-state index contributed by atoms with van der Waals surface area (Å²) < 4.78 is 33.9. The summed E-state index contributed by atoms with van der Waals surface area (Å²) in [4.78, 5) is 0. The van der Waals surface area contributed by atoms with Crippen LogP contribution >= 0.6 is 7.82 Å². The minimum absolute atomic E-state index is 0.255. The van der Waals surface area contributed by atoms with E-state index in [1.807, 2.05) is 31.3 Å². The Kier molecular flexibility index (Phi) is 6.42. The molecule has 0 aliphatic rings. The fourth-order valence-electron chi connectivity index (χ4n) is 1.68. The number of phosphoric acid groups is 1. The molecule has 0 bridgehead atoms. The predicted octanol–water partition coefficient (Wildman–Crippen LogP) is 3.31. The lowest BCUT2D eigenvalue weighted by Gasteiger charge is -2.25. The number of benzene rings is 1. The van der Waals surface area contributed by atoms with Gasteiger partial charge in [-0.15, -0.1) is 0 Å². The average Bonchev–Trinajstić information content (AvgIpc) is 2.39. The first-order valence-electron chi connectivity index (χ1n) is 6.62. The van der Waals surface area contributed by atoms with Crippen molar-refractivity contribution in [3.05, 3.63) is 24.3 Å². The van der Waals surface area contributed by atoms with Gasteiger partial charge < -0.3 is 8.95 Å². The van der Waals surface area contributed by atoms with Gasteiger partial charge in [0.2, 0.25) is 8.32 Å². The lowest BCUT2D eigenvalue weighted by molar-refractivity contribution is 0.168. The lowest BCUT2D eigenvalue weighted by atomic mass is 10.3. The third kappa shape index (κ3) is 4.43. The second-order valence-electron chi connectivity index (χ2n) is 4.58. The van der Waals surface area contributed by atoms with E-state index < -0.39 is 16.1 Å². The van der Waals surface area contributed by atoms with Gasteiger partial charge in [-0.2, -0.15) is 0 Å². The van der Waals surface area contributed by atoms with E-state index in [-0.39, 0.29) is 13.2 Å². The molecule has 0 spiro atoms. The van der Waals surface area contributed by atoms with E-state index in [0.29, 0.717) is 5.75 Å². The minimum atomic E-state index is -3.58. The van der Waals surface area contributed by atoms with Crippen LogP contribution in [0, 0.1) is 0 Å². The monoisotopic (exact) mass is 318 g/mol. The molecule has 0 unspecified atom stereocenters. The highest BCUT2D eigenvalue weighted by Gasteiger charge is 2.33. The average molecular weight is 318 g/mol. The summed E-state index contributed by atoms with van der Waals surface area (Å²) in [6.07, 6.45) is 0. The Morgan fingerprint density at radius 3 is 2.15 bits per heavy atom. The molecule has 1 aromatic rings. The van der Waals surface area contributed by atoms with Gasteiger partial charge in [-0.1, -0.05) is 18.2 Å². The number of hydrogen-bond donors (Lipinski definition) is 0. The molecule has 0 aliphatic heterocycles. The van der Waals surface area contributed by atoms with E-state index in [1.165, 1.54) is 0 Å². The Hall–Kier alpha value is -0.653. The van der Waals surface area contributed by atoms with Crippen LogP contribution in [-0.2, 0) is 18.0 Å². The van der Waals surface area contributed by atoms with Crippen molar-refractivity contribution in [1.29, 1.82) is 0 Å². The van der Waals surface area contributed by atoms with Crippen molar-refractivity contribution >= 4 is 21.3 Å². The van der Waals surface area contributed by atoms with E-state index in [9.17, 15) is 4.57 Å². The third-order valence-electron chi connectivity index (χ3n) is 2.83. The SMILES string of the molecule is CCOP(=O)(OCC)Oc1ccccc1[Si](C)(C)OC. The molecule has 0 aromatic heterocycles. The van der Waals surface area contributed by atoms with Crippen LogP contribution in [0.4, 0.5) is 0 Å². The van der Waals surface area contributed by atoms with Crippen LogP contribution in [0.25, 0.3) is 0 Å². The molecule has 0 saturated heterocycles. The molecule has 0 aliphatic carbocycles. The van der Waals surface area contributed by atoms with Crippen LogP contribution in [0.15, 0.2) is 24.3 Å². The molecule has 0 heterocycles. The fraction of sp³-hybridized carbons (Fsp3) is 0.538. The Balaban J connectivity index is 3.11. The van der Waals surface area contributed by atoms with E-state index in [1.54, 1.807) is 27.0 Å². The number of para-hydroxylation sites is 1. The van der Waals surface area contributed by atoms with Crippen LogP contribution in [0.1, 0.15) is 13.8 Å². The van der Waals surface area contributed by atoms with Gasteiger partial charge in [-0.3, -0.25) is 9.05 Å². The first-order chi connectivity index (χ1) is 9.38. The maximum Gasteiger partial charge on any atom is 0.530 e. The van der Waals surface area contributed by atoms with Crippen molar-refractivity contribution in [1.82, 2.24) is 0 Å². The number of phosphoric ester groups is 1. The van der Waals surface area contributed by atoms with Gasteiger partial charge in [0, 0.05) is 12.3 Å². The molecule has 1 aromatic carbocycles. The van der Waals surface area contributed by atoms with E-state index in [0.717, 1.165) is 5.19 Å². The largest absolute Gasteiger partial charge is 0.530 e. The zero-order valence-corrected chi connectivity index (χ0v) is 14.6. The summed E-state index contributed by atoms with van der Waals surface area (Å²) in [5.41, 5.74) is 0. The second kappa shape index (κ2) is 7.38. The van der Waals surface area contributed by atoms with Crippen LogP contribution in [0.5, 0.6) is 5.75 Å². The molecule has 0 atom stereocenters. The van der Waals surface area contributed by atoms with Gasteiger partial charge in [0.1, 0.15) is 5.75 Å². The van der Waals surface area contributed by atoms with Crippen molar-refractivity contribution in [2.75, 3.05) is 20.3 Å². The van der Waals surface area contributed by atoms with E-state index in [2.05, 4.69) is 0 Å². The first kappa shape index (κ1) is 17.4. The minimum Gasteiger partial charge on any atom is -0.416 e. The summed E-state index contributed by atoms with van der Waals surface area (Å²) in [5, 5.41) is 0.919. The Labute approximate surface area is 121 Å². The van der Waals surface area contributed by atoms with E-state index in [4.69, 9.17) is 18.0 Å². The molecule has 5 nitrogen and oxygen atoms in total. The summed E-state index contributed by atoms with van der Waals surface area (Å²) in [6.45, 7) is 8.08. The quantitative estimate of drug-likeness (QED) is 0.544. The standard InChI is InChI=1S/C13H23O5PSi/c1-6-16-19(14,17-7-2)18-12-10-8-9-11-13(12)20(4,5)15-3/h8-11H,6-7H2,1-5H3. The van der Waals surface area contributed by atoms with Gasteiger partial charge in [-0.05, 0) is 33.0 Å². The summed E-state index contributed by atoms with van der Waals surface area (Å²) in [6, 6.07) is 7.41. The molecule has 1 rings (SSSR count). The molecule has 0 amide bonds. The van der Waals surface area contributed by atoms with Crippen molar-refractivity contribution in [2.24, 2.45) is 0 Å². The molecule has 7 heteroatoms. The maximum atomic E-state index is 12.5. The van der Waals surface area contributed by atoms with Crippen LogP contribution in [0.3, 0.4) is 0 Å². The van der Waals surface area contributed by atoms with Crippen molar-refractivity contribution in [3.63, 3.8) is 0 Å². The van der Waals surface area contributed by atoms with Gasteiger partial charge in [-0.25, -0.2) is 4.57 Å². The molecule has 0 radical (unpaired) electrons. The maximum absolute atomic E-state index is 12.5. The highest BCUT2D eigenvalue weighted by Crippen LogP contribution is 2.49. The molecule has 0 fully saturated rings. The van der Waals surface area contributed by atoms with Gasteiger partial charge in [0.05, 0.1) is 13.2 Å². The Bertz CT molecular complexity index is 468. The zero-order chi connectivity index (χ0) is 15.2. The Morgan fingerprint density at radius 1 is 1.10 bits per heavy atom. The molecule has 0 saturated carbocycles. The van der Waals surface area contributed by atoms with Gasteiger partial charge >= 0.3 is 7.82 Å². The van der Waals surface area contributed by atoms with Gasteiger partial charge in [0.25, 0.3) is 0 Å².